The molecule has 0 aliphatic carbocycles. The van der Waals surface area contributed by atoms with Crippen LogP contribution in [0.25, 0.3) is 0 Å². The van der Waals surface area contributed by atoms with E-state index in [4.69, 9.17) is 11.6 Å². The number of halogens is 1. The van der Waals surface area contributed by atoms with Gasteiger partial charge in [0.25, 0.3) is 5.91 Å². The number of piperidine rings is 1. The van der Waals surface area contributed by atoms with E-state index in [1.54, 1.807) is 12.3 Å². The predicted octanol–water partition coefficient (Wildman–Crippen LogP) is 3.22. The molecule has 0 unspecified atom stereocenters. The van der Waals surface area contributed by atoms with Crippen LogP contribution in [0.3, 0.4) is 0 Å². The van der Waals surface area contributed by atoms with Crippen molar-refractivity contribution in [2.45, 2.75) is 18.8 Å². The summed E-state index contributed by atoms with van der Waals surface area (Å²) in [6, 6.07) is 9.72. The van der Waals surface area contributed by atoms with Crippen LogP contribution in [0.15, 0.2) is 36.5 Å². The van der Waals surface area contributed by atoms with E-state index in [1.807, 2.05) is 36.0 Å². The van der Waals surface area contributed by atoms with Crippen molar-refractivity contribution >= 4 is 23.3 Å². The number of rotatable bonds is 3. The lowest BCUT2D eigenvalue weighted by molar-refractivity contribution is 0.0706. The van der Waals surface area contributed by atoms with Gasteiger partial charge in [-0.3, -0.25) is 4.79 Å². The lowest BCUT2D eigenvalue weighted by atomic mass is 9.90. The smallest absolute Gasteiger partial charge is 0.255 e. The number of aromatic nitrogens is 2. The van der Waals surface area contributed by atoms with Gasteiger partial charge in [0.05, 0.1) is 11.8 Å². The molecule has 126 valence electrons. The highest BCUT2D eigenvalue weighted by Gasteiger charge is 2.26. The molecule has 0 spiro atoms. The second kappa shape index (κ2) is 7.18. The summed E-state index contributed by atoms with van der Waals surface area (Å²) >= 11 is 5.97. The third-order valence-corrected chi connectivity index (χ3v) is 4.65. The van der Waals surface area contributed by atoms with E-state index in [-0.39, 0.29) is 5.91 Å². The van der Waals surface area contributed by atoms with Gasteiger partial charge in [-0.25, -0.2) is 0 Å². The first-order valence-corrected chi connectivity index (χ1v) is 8.47. The zero-order valence-electron chi connectivity index (χ0n) is 13.9. The van der Waals surface area contributed by atoms with Crippen LogP contribution in [0.2, 0.25) is 5.02 Å². The van der Waals surface area contributed by atoms with Crippen LogP contribution in [0.1, 0.15) is 34.7 Å². The molecule has 0 bridgehead atoms. The van der Waals surface area contributed by atoms with Crippen LogP contribution in [0, 0.1) is 0 Å². The van der Waals surface area contributed by atoms with Crippen molar-refractivity contribution in [1.29, 1.82) is 0 Å². The predicted molar refractivity (Wildman–Crippen MR) is 95.7 cm³/mol. The molecule has 1 aliphatic rings. The summed E-state index contributed by atoms with van der Waals surface area (Å²) in [5.41, 5.74) is 1.82. The monoisotopic (exact) mass is 344 g/mol. The molecule has 1 aromatic heterocycles. The number of likely N-dealkylation sites (tertiary alicyclic amines) is 1. The minimum absolute atomic E-state index is 0.0201. The number of carbonyl (C=O) groups excluding carboxylic acids is 1. The molecule has 1 amide bonds. The fraction of sp³-hybridized carbons (Fsp3) is 0.389. The average molecular weight is 345 g/mol. The second-order valence-electron chi connectivity index (χ2n) is 6.34. The first kappa shape index (κ1) is 16.7. The summed E-state index contributed by atoms with van der Waals surface area (Å²) in [5.74, 6) is 1.06. The molecule has 24 heavy (non-hydrogen) atoms. The lowest BCUT2D eigenvalue weighted by Crippen LogP contribution is -2.39. The minimum Gasteiger partial charge on any atom is -0.361 e. The molecular formula is C18H21ClN4O. The summed E-state index contributed by atoms with van der Waals surface area (Å²) in [5, 5.41) is 8.72. The largest absolute Gasteiger partial charge is 0.361 e. The summed E-state index contributed by atoms with van der Waals surface area (Å²) in [6.07, 6.45) is 3.63. The Morgan fingerprint density at radius 1 is 1.29 bits per heavy atom. The van der Waals surface area contributed by atoms with E-state index >= 15 is 0 Å². The van der Waals surface area contributed by atoms with Gasteiger partial charge in [0.15, 0.2) is 5.82 Å². The van der Waals surface area contributed by atoms with Crippen LogP contribution in [-0.2, 0) is 0 Å². The number of hydrogen-bond donors (Lipinski definition) is 0. The molecule has 6 heteroatoms. The van der Waals surface area contributed by atoms with Crippen LogP contribution >= 0.6 is 11.6 Å². The molecule has 1 saturated heterocycles. The van der Waals surface area contributed by atoms with Crippen molar-refractivity contribution in [3.63, 3.8) is 0 Å². The van der Waals surface area contributed by atoms with Crippen LogP contribution in [-0.4, -0.2) is 48.2 Å². The maximum atomic E-state index is 12.8. The van der Waals surface area contributed by atoms with Crippen molar-refractivity contribution in [3.05, 3.63) is 52.7 Å². The van der Waals surface area contributed by atoms with E-state index in [2.05, 4.69) is 22.3 Å². The van der Waals surface area contributed by atoms with Gasteiger partial charge in [0.2, 0.25) is 0 Å². The maximum absolute atomic E-state index is 12.8. The lowest BCUT2D eigenvalue weighted by Gasteiger charge is -2.33. The summed E-state index contributed by atoms with van der Waals surface area (Å²) in [6.45, 7) is 1.50. The van der Waals surface area contributed by atoms with E-state index in [0.717, 1.165) is 31.0 Å². The summed E-state index contributed by atoms with van der Waals surface area (Å²) in [4.78, 5) is 16.6. The standard InChI is InChI=1S/C18H21ClN4O/c1-22(2)17-10-15(11-20-21-17)18(24)23-9-3-4-14(12-23)13-5-7-16(19)8-6-13/h5-8,10-11,14H,3-4,9,12H2,1-2H3/t14-/m1/s1. The van der Waals surface area contributed by atoms with E-state index < -0.39 is 0 Å². The quantitative estimate of drug-likeness (QED) is 0.857. The molecule has 1 aromatic carbocycles. The maximum Gasteiger partial charge on any atom is 0.255 e. The Morgan fingerprint density at radius 3 is 2.75 bits per heavy atom. The number of anilines is 1. The first-order chi connectivity index (χ1) is 11.5. The normalized spacial score (nSPS) is 17.6. The Kier molecular flexibility index (Phi) is 5.00. The average Bonchev–Trinajstić information content (AvgIpc) is 2.62. The molecule has 0 N–H and O–H groups in total. The second-order valence-corrected chi connectivity index (χ2v) is 6.78. The molecule has 2 heterocycles. The number of nitrogens with zero attached hydrogens (tertiary/aromatic N) is 4. The van der Waals surface area contributed by atoms with Gasteiger partial charge in [0, 0.05) is 38.1 Å². The molecule has 0 radical (unpaired) electrons. The molecule has 3 rings (SSSR count). The van der Waals surface area contributed by atoms with Crippen LogP contribution in [0.5, 0.6) is 0 Å². The third kappa shape index (κ3) is 3.67. The topological polar surface area (TPSA) is 49.3 Å². The van der Waals surface area contributed by atoms with Gasteiger partial charge in [-0.05, 0) is 36.6 Å². The van der Waals surface area contributed by atoms with Crippen LogP contribution in [0.4, 0.5) is 5.82 Å². The van der Waals surface area contributed by atoms with E-state index in [1.165, 1.54) is 5.56 Å². The van der Waals surface area contributed by atoms with Gasteiger partial charge in [0.1, 0.15) is 0 Å². The fourth-order valence-electron chi connectivity index (χ4n) is 3.04. The van der Waals surface area contributed by atoms with Crippen molar-refractivity contribution < 1.29 is 4.79 Å². The third-order valence-electron chi connectivity index (χ3n) is 4.40. The molecule has 1 atom stereocenters. The highest BCUT2D eigenvalue weighted by atomic mass is 35.5. The van der Waals surface area contributed by atoms with Crippen LogP contribution < -0.4 is 4.90 Å². The molecule has 1 aliphatic heterocycles. The Hall–Kier alpha value is -2.14. The summed E-state index contributed by atoms with van der Waals surface area (Å²) < 4.78 is 0. The molecule has 1 fully saturated rings. The Bertz CT molecular complexity index is 717. The first-order valence-electron chi connectivity index (χ1n) is 8.09. The molecule has 0 saturated carbocycles. The van der Waals surface area contributed by atoms with Gasteiger partial charge >= 0.3 is 0 Å². The van der Waals surface area contributed by atoms with E-state index in [9.17, 15) is 4.79 Å². The van der Waals surface area contributed by atoms with Gasteiger partial charge in [-0.2, -0.15) is 5.10 Å². The highest BCUT2D eigenvalue weighted by molar-refractivity contribution is 6.30. The minimum atomic E-state index is 0.0201. The zero-order valence-corrected chi connectivity index (χ0v) is 14.7. The Balaban J connectivity index is 1.75. The molecule has 5 nitrogen and oxygen atoms in total. The Labute approximate surface area is 147 Å². The van der Waals surface area contributed by atoms with Gasteiger partial charge in [-0.1, -0.05) is 23.7 Å². The van der Waals surface area contributed by atoms with Crippen molar-refractivity contribution in [2.75, 3.05) is 32.1 Å². The van der Waals surface area contributed by atoms with Crippen molar-refractivity contribution in [1.82, 2.24) is 15.1 Å². The zero-order chi connectivity index (χ0) is 17.1. The molecular weight excluding hydrogens is 324 g/mol. The number of carbonyl (C=O) groups is 1. The van der Waals surface area contributed by atoms with Gasteiger partial charge in [-0.15, -0.1) is 5.10 Å². The SMILES string of the molecule is CN(C)c1cc(C(=O)N2CCC[C@@H](c3ccc(Cl)cc3)C2)cnn1. The van der Waals surface area contributed by atoms with Gasteiger partial charge < -0.3 is 9.80 Å². The van der Waals surface area contributed by atoms with E-state index in [0.29, 0.717) is 17.3 Å². The molecule has 2 aromatic rings. The summed E-state index contributed by atoms with van der Waals surface area (Å²) in [7, 11) is 3.77. The highest BCUT2D eigenvalue weighted by Crippen LogP contribution is 2.28. The number of benzene rings is 1. The Morgan fingerprint density at radius 2 is 2.04 bits per heavy atom. The number of hydrogen-bond acceptors (Lipinski definition) is 4. The number of amides is 1. The fourth-order valence-corrected chi connectivity index (χ4v) is 3.17. The van der Waals surface area contributed by atoms with Crippen molar-refractivity contribution in [3.8, 4) is 0 Å². The van der Waals surface area contributed by atoms with Crippen molar-refractivity contribution in [2.24, 2.45) is 0 Å².